The Labute approximate surface area is 138 Å². The maximum absolute atomic E-state index is 11.7. The second-order valence-electron chi connectivity index (χ2n) is 5.61. The maximum Gasteiger partial charge on any atom is 0.239 e. The Bertz CT molecular complexity index is 493. The predicted octanol–water partition coefficient (Wildman–Crippen LogP) is 2.13. The second kappa shape index (κ2) is 8.38. The molecular weight excluding hydrogens is 352 g/mol. The number of rotatable bonds is 5. The fourth-order valence-electron chi connectivity index (χ4n) is 1.64. The molecular formula is C14H23BrN4OS. The van der Waals surface area contributed by atoms with E-state index < -0.39 is 0 Å². The molecule has 0 saturated heterocycles. The Morgan fingerprint density at radius 1 is 1.33 bits per heavy atom. The minimum atomic E-state index is -0.220. The summed E-state index contributed by atoms with van der Waals surface area (Å²) in [6.45, 7) is 6.85. The van der Waals surface area contributed by atoms with Crippen molar-refractivity contribution < 1.29 is 4.79 Å². The number of carbonyl (C=O) groups excluding carboxylic acids is 1. The highest BCUT2D eigenvalue weighted by Crippen LogP contribution is 2.21. The van der Waals surface area contributed by atoms with Gasteiger partial charge in [-0.1, -0.05) is 0 Å². The molecule has 118 valence electrons. The lowest BCUT2D eigenvalue weighted by Crippen LogP contribution is -2.48. The Hall–Kier alpha value is -1.08. The zero-order valence-electron chi connectivity index (χ0n) is 12.9. The topological polar surface area (TPSA) is 65.5 Å². The van der Waals surface area contributed by atoms with Crippen LogP contribution in [0.1, 0.15) is 25.6 Å². The first-order valence-corrected chi connectivity index (χ1v) is 8.41. The summed E-state index contributed by atoms with van der Waals surface area (Å²) in [5.74, 6) is 0.585. The number of nitrogens with one attached hydrogen (secondary N) is 3. The van der Waals surface area contributed by atoms with E-state index in [9.17, 15) is 4.79 Å². The van der Waals surface area contributed by atoms with Gasteiger partial charge < -0.3 is 16.0 Å². The molecule has 0 aromatic carbocycles. The average molecular weight is 375 g/mol. The standard InChI is InChI=1S/C14H23BrN4OS/c1-14(2,3)19-12(20)9-18-13(16-4)17-8-7-10-5-6-11(15)21-10/h5-6H,7-9H2,1-4H3,(H,19,20)(H2,16,17,18). The summed E-state index contributed by atoms with van der Waals surface area (Å²) in [5.41, 5.74) is -0.220. The molecule has 1 amide bonds. The molecule has 0 saturated carbocycles. The van der Waals surface area contributed by atoms with Crippen LogP contribution in [-0.4, -0.2) is 37.5 Å². The van der Waals surface area contributed by atoms with E-state index in [1.807, 2.05) is 26.8 Å². The molecule has 0 aliphatic rings. The second-order valence-corrected chi connectivity index (χ2v) is 8.15. The molecule has 0 spiro atoms. The van der Waals surface area contributed by atoms with E-state index >= 15 is 0 Å². The minimum absolute atomic E-state index is 0.0485. The largest absolute Gasteiger partial charge is 0.356 e. The van der Waals surface area contributed by atoms with Gasteiger partial charge in [0, 0.05) is 24.0 Å². The Kier molecular flexibility index (Phi) is 7.17. The maximum atomic E-state index is 11.7. The van der Waals surface area contributed by atoms with Gasteiger partial charge in [-0.05, 0) is 55.3 Å². The van der Waals surface area contributed by atoms with E-state index in [4.69, 9.17) is 0 Å². The van der Waals surface area contributed by atoms with Gasteiger partial charge in [-0.15, -0.1) is 11.3 Å². The Balaban J connectivity index is 2.27. The SMILES string of the molecule is CN=C(NCCc1ccc(Br)s1)NCC(=O)NC(C)(C)C. The van der Waals surface area contributed by atoms with E-state index in [0.29, 0.717) is 5.96 Å². The number of amides is 1. The fraction of sp³-hybridized carbons (Fsp3) is 0.571. The molecule has 7 heteroatoms. The first-order chi connectivity index (χ1) is 9.80. The Morgan fingerprint density at radius 2 is 2.05 bits per heavy atom. The van der Waals surface area contributed by atoms with Crippen LogP contribution in [0.2, 0.25) is 0 Å². The van der Waals surface area contributed by atoms with Crippen molar-refractivity contribution in [2.45, 2.75) is 32.7 Å². The lowest BCUT2D eigenvalue weighted by atomic mass is 10.1. The van der Waals surface area contributed by atoms with Crippen LogP contribution in [0, 0.1) is 0 Å². The van der Waals surface area contributed by atoms with Crippen molar-refractivity contribution in [3.05, 3.63) is 20.8 Å². The number of halogens is 1. The zero-order valence-corrected chi connectivity index (χ0v) is 15.3. The summed E-state index contributed by atoms with van der Waals surface area (Å²) in [5, 5.41) is 9.10. The highest BCUT2D eigenvalue weighted by molar-refractivity contribution is 9.11. The van der Waals surface area contributed by atoms with Gasteiger partial charge >= 0.3 is 0 Å². The van der Waals surface area contributed by atoms with Crippen LogP contribution in [-0.2, 0) is 11.2 Å². The molecule has 1 rings (SSSR count). The number of nitrogens with zero attached hydrogens (tertiary/aromatic N) is 1. The van der Waals surface area contributed by atoms with Crippen LogP contribution >= 0.6 is 27.3 Å². The predicted molar refractivity (Wildman–Crippen MR) is 93.0 cm³/mol. The fourth-order valence-corrected chi connectivity index (χ4v) is 3.12. The van der Waals surface area contributed by atoms with E-state index in [2.05, 4.69) is 42.9 Å². The molecule has 3 N–H and O–H groups in total. The van der Waals surface area contributed by atoms with Crippen molar-refractivity contribution in [3.8, 4) is 0 Å². The molecule has 0 radical (unpaired) electrons. The molecule has 0 aliphatic carbocycles. The monoisotopic (exact) mass is 374 g/mol. The van der Waals surface area contributed by atoms with Crippen LogP contribution < -0.4 is 16.0 Å². The zero-order chi connectivity index (χ0) is 15.9. The van der Waals surface area contributed by atoms with Crippen molar-refractivity contribution in [2.24, 2.45) is 4.99 Å². The van der Waals surface area contributed by atoms with Crippen LogP contribution in [0.25, 0.3) is 0 Å². The normalized spacial score (nSPS) is 12.1. The first-order valence-electron chi connectivity index (χ1n) is 6.80. The molecule has 1 aromatic rings. The molecule has 5 nitrogen and oxygen atoms in total. The van der Waals surface area contributed by atoms with Crippen LogP contribution in [0.15, 0.2) is 20.9 Å². The van der Waals surface area contributed by atoms with Crippen LogP contribution in [0.3, 0.4) is 0 Å². The number of aliphatic imine (C=N–C) groups is 1. The summed E-state index contributed by atoms with van der Waals surface area (Å²) in [7, 11) is 1.69. The van der Waals surface area contributed by atoms with E-state index in [-0.39, 0.29) is 18.0 Å². The van der Waals surface area contributed by atoms with Gasteiger partial charge in [0.2, 0.25) is 5.91 Å². The molecule has 0 aliphatic heterocycles. The van der Waals surface area contributed by atoms with Gasteiger partial charge in [-0.3, -0.25) is 9.79 Å². The highest BCUT2D eigenvalue weighted by Gasteiger charge is 2.13. The van der Waals surface area contributed by atoms with Crippen molar-refractivity contribution in [1.29, 1.82) is 0 Å². The smallest absolute Gasteiger partial charge is 0.239 e. The van der Waals surface area contributed by atoms with Crippen LogP contribution in [0.5, 0.6) is 0 Å². The van der Waals surface area contributed by atoms with E-state index in [1.165, 1.54) is 4.88 Å². The van der Waals surface area contributed by atoms with Crippen molar-refractivity contribution in [1.82, 2.24) is 16.0 Å². The van der Waals surface area contributed by atoms with Crippen molar-refractivity contribution in [3.63, 3.8) is 0 Å². The quantitative estimate of drug-likeness (QED) is 0.546. The average Bonchev–Trinajstić information content (AvgIpc) is 2.77. The van der Waals surface area contributed by atoms with E-state index in [0.717, 1.165) is 16.8 Å². The van der Waals surface area contributed by atoms with Gasteiger partial charge in [0.05, 0.1) is 10.3 Å². The number of thiophene rings is 1. The van der Waals surface area contributed by atoms with Gasteiger partial charge in [0.1, 0.15) is 0 Å². The summed E-state index contributed by atoms with van der Waals surface area (Å²) in [4.78, 5) is 17.1. The molecule has 1 heterocycles. The van der Waals surface area contributed by atoms with Gasteiger partial charge in [-0.25, -0.2) is 0 Å². The summed E-state index contributed by atoms with van der Waals surface area (Å²) in [6.07, 6.45) is 0.922. The molecule has 0 unspecified atom stereocenters. The summed E-state index contributed by atoms with van der Waals surface area (Å²) < 4.78 is 1.14. The van der Waals surface area contributed by atoms with Crippen molar-refractivity contribution in [2.75, 3.05) is 20.1 Å². The van der Waals surface area contributed by atoms with Gasteiger partial charge in [0.25, 0.3) is 0 Å². The third kappa shape index (κ3) is 8.06. The van der Waals surface area contributed by atoms with Crippen LogP contribution in [0.4, 0.5) is 0 Å². The van der Waals surface area contributed by atoms with Gasteiger partial charge in [-0.2, -0.15) is 0 Å². The summed E-state index contributed by atoms with van der Waals surface area (Å²) >= 11 is 5.17. The lowest BCUT2D eigenvalue weighted by Gasteiger charge is -2.21. The highest BCUT2D eigenvalue weighted by atomic mass is 79.9. The number of carbonyl (C=O) groups is 1. The number of hydrogen-bond acceptors (Lipinski definition) is 3. The third-order valence-corrected chi connectivity index (χ3v) is 4.13. The molecule has 21 heavy (non-hydrogen) atoms. The summed E-state index contributed by atoms with van der Waals surface area (Å²) in [6, 6.07) is 4.15. The first kappa shape index (κ1) is 18.0. The van der Waals surface area contributed by atoms with Gasteiger partial charge in [0.15, 0.2) is 5.96 Å². The molecule has 0 bridgehead atoms. The molecule has 1 aromatic heterocycles. The molecule has 0 atom stereocenters. The van der Waals surface area contributed by atoms with E-state index in [1.54, 1.807) is 18.4 Å². The number of hydrogen-bond donors (Lipinski definition) is 3. The molecule has 0 fully saturated rings. The minimum Gasteiger partial charge on any atom is -0.356 e. The lowest BCUT2D eigenvalue weighted by molar-refractivity contribution is -0.121. The third-order valence-electron chi connectivity index (χ3n) is 2.45. The van der Waals surface area contributed by atoms with Crippen molar-refractivity contribution >= 4 is 39.1 Å². The Morgan fingerprint density at radius 3 is 2.57 bits per heavy atom. The number of guanidine groups is 1.